The number of carbonyl (C=O) groups excluding carboxylic acids is 1. The molecule has 0 bridgehead atoms. The number of nitrogens with zero attached hydrogens (tertiary/aromatic N) is 4. The van der Waals surface area contributed by atoms with Crippen molar-refractivity contribution >= 4 is 40.8 Å². The number of aromatic nitrogens is 2. The zero-order valence-electron chi connectivity index (χ0n) is 24.9. The molecule has 4 aromatic rings. The highest BCUT2D eigenvalue weighted by atomic mass is 35.5. The molecule has 1 aliphatic heterocycles. The highest BCUT2D eigenvalue weighted by Crippen LogP contribution is 2.37. The molecule has 44 heavy (non-hydrogen) atoms. The second-order valence-corrected chi connectivity index (χ2v) is 10.6. The number of methoxy groups -OCH3 is 2. The van der Waals surface area contributed by atoms with Crippen LogP contribution < -0.4 is 29.2 Å². The van der Waals surface area contributed by atoms with Gasteiger partial charge in [-0.1, -0.05) is 30.2 Å². The number of carbonyl (C=O) groups is 1. The summed E-state index contributed by atoms with van der Waals surface area (Å²) in [4.78, 5) is 26.4. The summed E-state index contributed by atoms with van der Waals surface area (Å²) in [5.74, 6) is 2.46. The van der Waals surface area contributed by atoms with Gasteiger partial charge in [-0.3, -0.25) is 0 Å². The standard InChI is InChI=1S/C33H36ClN5O5/c1-41-26-15-16-28(30(23-26)42-2)39(33(40)44-29-10-5-4-9-27(29)34)31-17-18-35-32(37-31)36-24-11-13-25(14-12-24)43-22-8-21-38-19-6-3-7-20-38/h4-5,9-18,23H,3,6-8,19-22H2,1-2H3,(H,35,36,37). The highest BCUT2D eigenvalue weighted by Gasteiger charge is 2.26. The van der Waals surface area contributed by atoms with Crippen LogP contribution in [0.15, 0.2) is 79.0 Å². The molecule has 1 aromatic heterocycles. The van der Waals surface area contributed by atoms with Crippen molar-refractivity contribution in [3.8, 4) is 23.0 Å². The van der Waals surface area contributed by atoms with Crippen LogP contribution in [-0.2, 0) is 0 Å². The molecule has 0 saturated carbocycles. The van der Waals surface area contributed by atoms with E-state index < -0.39 is 6.09 Å². The third-order valence-electron chi connectivity index (χ3n) is 7.16. The van der Waals surface area contributed by atoms with Crippen LogP contribution in [0.4, 0.5) is 27.9 Å². The lowest BCUT2D eigenvalue weighted by atomic mass is 10.1. The fourth-order valence-electron chi connectivity index (χ4n) is 4.91. The Balaban J connectivity index is 1.31. The number of likely N-dealkylation sites (tertiary alicyclic amines) is 1. The third-order valence-corrected chi connectivity index (χ3v) is 7.47. The van der Waals surface area contributed by atoms with Crippen molar-refractivity contribution in [1.29, 1.82) is 0 Å². The summed E-state index contributed by atoms with van der Waals surface area (Å²) in [5, 5.41) is 3.49. The van der Waals surface area contributed by atoms with E-state index in [1.54, 1.807) is 61.8 Å². The zero-order valence-corrected chi connectivity index (χ0v) is 25.6. The van der Waals surface area contributed by atoms with Crippen LogP contribution in [0.1, 0.15) is 25.7 Å². The first kappa shape index (κ1) is 30.9. The van der Waals surface area contributed by atoms with Crippen molar-refractivity contribution in [2.45, 2.75) is 25.7 Å². The summed E-state index contributed by atoms with van der Waals surface area (Å²) in [5.41, 5.74) is 1.15. The van der Waals surface area contributed by atoms with Crippen molar-refractivity contribution in [1.82, 2.24) is 14.9 Å². The molecule has 11 heteroatoms. The van der Waals surface area contributed by atoms with Crippen LogP contribution in [-0.4, -0.2) is 61.4 Å². The fourth-order valence-corrected chi connectivity index (χ4v) is 5.09. The Labute approximate surface area is 262 Å². The smallest absolute Gasteiger partial charge is 0.425 e. The molecular weight excluding hydrogens is 582 g/mol. The first-order valence-electron chi connectivity index (χ1n) is 14.6. The average Bonchev–Trinajstić information content (AvgIpc) is 3.06. The number of rotatable bonds is 12. The number of piperidine rings is 1. The maximum absolute atomic E-state index is 13.7. The van der Waals surface area contributed by atoms with Crippen LogP contribution in [0.25, 0.3) is 0 Å². The minimum atomic E-state index is -0.743. The minimum Gasteiger partial charge on any atom is -0.497 e. The van der Waals surface area contributed by atoms with Crippen LogP contribution in [0.3, 0.4) is 0 Å². The molecule has 10 nitrogen and oxygen atoms in total. The molecule has 230 valence electrons. The first-order chi connectivity index (χ1) is 21.5. The minimum absolute atomic E-state index is 0.206. The molecule has 0 spiro atoms. The number of hydrogen-bond acceptors (Lipinski definition) is 9. The van der Waals surface area contributed by atoms with Crippen molar-refractivity contribution in [3.05, 3.63) is 84.0 Å². The monoisotopic (exact) mass is 617 g/mol. The van der Waals surface area contributed by atoms with Gasteiger partial charge < -0.3 is 29.2 Å². The fraction of sp³-hybridized carbons (Fsp3) is 0.303. The van der Waals surface area contributed by atoms with E-state index >= 15 is 0 Å². The average molecular weight is 618 g/mol. The Morgan fingerprint density at radius 3 is 2.45 bits per heavy atom. The summed E-state index contributed by atoms with van der Waals surface area (Å²) >= 11 is 6.27. The second kappa shape index (κ2) is 15.3. The van der Waals surface area contributed by atoms with E-state index in [9.17, 15) is 4.79 Å². The van der Waals surface area contributed by atoms with Gasteiger partial charge >= 0.3 is 6.09 Å². The van der Waals surface area contributed by atoms with E-state index in [2.05, 4.69) is 20.2 Å². The number of ether oxygens (including phenoxy) is 4. The molecule has 0 unspecified atom stereocenters. The summed E-state index contributed by atoms with van der Waals surface area (Å²) in [7, 11) is 3.06. The van der Waals surface area contributed by atoms with Gasteiger partial charge in [-0.2, -0.15) is 4.98 Å². The largest absolute Gasteiger partial charge is 0.497 e. The van der Waals surface area contributed by atoms with Crippen LogP contribution >= 0.6 is 11.6 Å². The topological polar surface area (TPSA) is 98.3 Å². The molecule has 1 saturated heterocycles. The molecule has 1 aliphatic rings. The van der Waals surface area contributed by atoms with E-state index in [0.717, 1.165) is 24.4 Å². The van der Waals surface area contributed by atoms with Gasteiger partial charge in [0.15, 0.2) is 5.75 Å². The first-order valence-corrected chi connectivity index (χ1v) is 15.0. The number of anilines is 4. The summed E-state index contributed by atoms with van der Waals surface area (Å²) in [6, 6.07) is 21.0. The molecule has 1 fully saturated rings. The van der Waals surface area contributed by atoms with Gasteiger partial charge in [0, 0.05) is 30.6 Å². The van der Waals surface area contributed by atoms with E-state index in [1.807, 2.05) is 24.3 Å². The van der Waals surface area contributed by atoms with Gasteiger partial charge in [0.2, 0.25) is 5.95 Å². The SMILES string of the molecule is COc1ccc(N(C(=O)Oc2ccccc2Cl)c2ccnc(Nc3ccc(OCCCN4CCCCC4)cc3)n2)c(OC)c1. The molecule has 1 amide bonds. The van der Waals surface area contributed by atoms with Gasteiger partial charge in [0.05, 0.1) is 31.5 Å². The van der Waals surface area contributed by atoms with Crippen molar-refractivity contribution in [2.24, 2.45) is 0 Å². The zero-order chi connectivity index (χ0) is 30.7. The van der Waals surface area contributed by atoms with Crippen LogP contribution in [0.2, 0.25) is 5.02 Å². The number of para-hydroxylation sites is 1. The number of nitrogens with one attached hydrogen (secondary N) is 1. The number of hydrogen-bond donors (Lipinski definition) is 1. The van der Waals surface area contributed by atoms with E-state index in [1.165, 1.54) is 44.4 Å². The molecule has 0 radical (unpaired) electrons. The molecule has 3 aromatic carbocycles. The predicted octanol–water partition coefficient (Wildman–Crippen LogP) is 7.48. The highest BCUT2D eigenvalue weighted by molar-refractivity contribution is 6.32. The lowest BCUT2D eigenvalue weighted by Crippen LogP contribution is -2.31. The Bertz CT molecular complexity index is 1530. The van der Waals surface area contributed by atoms with Crippen molar-refractivity contribution < 1.29 is 23.7 Å². The summed E-state index contributed by atoms with van der Waals surface area (Å²) in [6.45, 7) is 4.12. The Morgan fingerprint density at radius 2 is 1.70 bits per heavy atom. The van der Waals surface area contributed by atoms with Crippen LogP contribution in [0.5, 0.6) is 23.0 Å². The lowest BCUT2D eigenvalue weighted by Gasteiger charge is -2.26. The van der Waals surface area contributed by atoms with Gasteiger partial charge in [-0.25, -0.2) is 14.7 Å². The normalized spacial score (nSPS) is 13.2. The molecular formula is C33H36ClN5O5. The van der Waals surface area contributed by atoms with Crippen LogP contribution in [0, 0.1) is 0 Å². The van der Waals surface area contributed by atoms with Crippen molar-refractivity contribution in [2.75, 3.05) is 50.7 Å². The molecule has 0 atom stereocenters. The van der Waals surface area contributed by atoms with Gasteiger partial charge in [-0.05, 0) is 80.9 Å². The number of halogens is 1. The van der Waals surface area contributed by atoms with E-state index in [-0.39, 0.29) is 17.5 Å². The summed E-state index contributed by atoms with van der Waals surface area (Å²) in [6.07, 6.45) is 5.73. The van der Waals surface area contributed by atoms with Gasteiger partial charge in [0.25, 0.3) is 0 Å². The van der Waals surface area contributed by atoms with E-state index in [0.29, 0.717) is 28.8 Å². The second-order valence-electron chi connectivity index (χ2n) is 10.2. The molecule has 5 rings (SSSR count). The summed E-state index contributed by atoms with van der Waals surface area (Å²) < 4.78 is 22.6. The maximum atomic E-state index is 13.7. The third kappa shape index (κ3) is 8.09. The molecule has 2 heterocycles. The molecule has 1 N–H and O–H groups in total. The number of benzene rings is 3. The van der Waals surface area contributed by atoms with Gasteiger partial charge in [-0.15, -0.1) is 0 Å². The van der Waals surface area contributed by atoms with E-state index in [4.69, 9.17) is 30.5 Å². The molecule has 0 aliphatic carbocycles. The van der Waals surface area contributed by atoms with Gasteiger partial charge in [0.1, 0.15) is 23.1 Å². The Hall–Kier alpha value is -4.54. The lowest BCUT2D eigenvalue weighted by molar-refractivity contribution is 0.205. The Morgan fingerprint density at radius 1 is 0.932 bits per heavy atom. The Kier molecular flexibility index (Phi) is 10.7. The van der Waals surface area contributed by atoms with Crippen molar-refractivity contribution in [3.63, 3.8) is 0 Å². The quantitative estimate of drug-likeness (QED) is 0.162. The predicted molar refractivity (Wildman–Crippen MR) is 171 cm³/mol. The number of amides is 1. The maximum Gasteiger partial charge on any atom is 0.425 e.